The minimum Gasteiger partial charge on any atom is -0.457 e. The highest BCUT2D eigenvalue weighted by Gasteiger charge is 2.10. The molecule has 0 atom stereocenters. The summed E-state index contributed by atoms with van der Waals surface area (Å²) in [6.07, 6.45) is 4.03. The molecule has 0 fully saturated rings. The molecule has 158 valence electrons. The average Bonchev–Trinajstić information content (AvgIpc) is 2.83. The van der Waals surface area contributed by atoms with Gasteiger partial charge in [0.15, 0.2) is 5.78 Å². The summed E-state index contributed by atoms with van der Waals surface area (Å²) in [4.78, 5) is 12.8. The lowest BCUT2D eigenvalue weighted by Gasteiger charge is -2.08. The Labute approximate surface area is 188 Å². The highest BCUT2D eigenvalue weighted by molar-refractivity contribution is 6.09. The predicted octanol–water partition coefficient (Wildman–Crippen LogP) is 7.84. The van der Waals surface area contributed by atoms with E-state index in [9.17, 15) is 4.79 Å². The van der Waals surface area contributed by atoms with E-state index in [1.54, 1.807) is 24.3 Å². The quantitative estimate of drug-likeness (QED) is 0.286. The molecule has 32 heavy (non-hydrogen) atoms. The van der Waals surface area contributed by atoms with E-state index in [1.807, 2.05) is 98.8 Å². The van der Waals surface area contributed by atoms with Crippen LogP contribution in [0.1, 0.15) is 34.0 Å². The standard InChI is InChI=1S/C29H24O3/c1-3-4-22-7-15-26(16-8-22)32-28-19-11-24(12-20-28)29(30)23-9-17-27(18-10-23)31-25-13-5-21(2)6-14-25/h3-20H,1-2H3/b4-3+. The number of ether oxygens (including phenoxy) is 2. The maximum atomic E-state index is 12.8. The summed E-state index contributed by atoms with van der Waals surface area (Å²) in [6, 6.07) is 30.0. The van der Waals surface area contributed by atoms with Crippen molar-refractivity contribution in [3.05, 3.63) is 125 Å². The summed E-state index contributed by atoms with van der Waals surface area (Å²) < 4.78 is 11.7. The van der Waals surface area contributed by atoms with Gasteiger partial charge in [0.1, 0.15) is 23.0 Å². The van der Waals surface area contributed by atoms with Crippen LogP contribution in [0, 0.1) is 6.92 Å². The third kappa shape index (κ3) is 5.32. The molecule has 0 unspecified atom stereocenters. The summed E-state index contributed by atoms with van der Waals surface area (Å²) in [5, 5.41) is 0. The molecule has 0 spiro atoms. The number of allylic oxidation sites excluding steroid dienone is 1. The Kier molecular flexibility index (Phi) is 6.47. The van der Waals surface area contributed by atoms with Crippen molar-refractivity contribution in [3.63, 3.8) is 0 Å². The SMILES string of the molecule is C/C=C/c1ccc(Oc2ccc(C(=O)c3ccc(Oc4ccc(C)cc4)cc3)cc2)cc1. The molecule has 0 bridgehead atoms. The first-order valence-corrected chi connectivity index (χ1v) is 10.5. The van der Waals surface area contributed by atoms with Crippen LogP contribution in [-0.4, -0.2) is 5.78 Å². The van der Waals surface area contributed by atoms with Crippen LogP contribution in [-0.2, 0) is 0 Å². The van der Waals surface area contributed by atoms with E-state index in [4.69, 9.17) is 9.47 Å². The lowest BCUT2D eigenvalue weighted by atomic mass is 10.0. The molecule has 0 aromatic heterocycles. The summed E-state index contributed by atoms with van der Waals surface area (Å²) in [6.45, 7) is 4.02. The monoisotopic (exact) mass is 420 g/mol. The number of hydrogen-bond donors (Lipinski definition) is 0. The molecule has 0 amide bonds. The first kappa shape index (κ1) is 21.1. The Morgan fingerprint density at radius 2 is 0.969 bits per heavy atom. The highest BCUT2D eigenvalue weighted by Crippen LogP contribution is 2.25. The van der Waals surface area contributed by atoms with E-state index in [-0.39, 0.29) is 5.78 Å². The lowest BCUT2D eigenvalue weighted by molar-refractivity contribution is 0.103. The largest absolute Gasteiger partial charge is 0.457 e. The van der Waals surface area contributed by atoms with Crippen molar-refractivity contribution in [1.82, 2.24) is 0 Å². The number of carbonyl (C=O) groups is 1. The number of aryl methyl sites for hydroxylation is 1. The first-order valence-electron chi connectivity index (χ1n) is 10.5. The van der Waals surface area contributed by atoms with Crippen LogP contribution < -0.4 is 9.47 Å². The second kappa shape index (κ2) is 9.80. The van der Waals surface area contributed by atoms with Crippen molar-refractivity contribution >= 4 is 11.9 Å². The molecule has 0 aliphatic heterocycles. The van der Waals surface area contributed by atoms with Gasteiger partial charge in [-0.1, -0.05) is 42.0 Å². The molecule has 0 aliphatic carbocycles. The number of carbonyl (C=O) groups excluding carboxylic acids is 1. The van der Waals surface area contributed by atoms with Gasteiger partial charge < -0.3 is 9.47 Å². The average molecular weight is 421 g/mol. The Morgan fingerprint density at radius 1 is 0.594 bits per heavy atom. The van der Waals surface area contributed by atoms with Gasteiger partial charge in [-0.2, -0.15) is 0 Å². The van der Waals surface area contributed by atoms with E-state index in [1.165, 1.54) is 5.56 Å². The van der Waals surface area contributed by atoms with Crippen LogP contribution in [0.2, 0.25) is 0 Å². The van der Waals surface area contributed by atoms with E-state index >= 15 is 0 Å². The van der Waals surface area contributed by atoms with Gasteiger partial charge in [0.05, 0.1) is 0 Å². The normalized spacial score (nSPS) is 10.8. The number of rotatable bonds is 7. The molecule has 0 heterocycles. The summed E-state index contributed by atoms with van der Waals surface area (Å²) >= 11 is 0. The Balaban J connectivity index is 1.40. The maximum Gasteiger partial charge on any atom is 0.193 e. The molecular weight excluding hydrogens is 396 g/mol. The van der Waals surface area contributed by atoms with Gasteiger partial charge in [0.2, 0.25) is 0 Å². The zero-order chi connectivity index (χ0) is 22.3. The zero-order valence-electron chi connectivity index (χ0n) is 18.1. The van der Waals surface area contributed by atoms with E-state index in [2.05, 4.69) is 0 Å². The number of ketones is 1. The van der Waals surface area contributed by atoms with Crippen molar-refractivity contribution in [2.45, 2.75) is 13.8 Å². The van der Waals surface area contributed by atoms with E-state index in [0.29, 0.717) is 22.6 Å². The van der Waals surface area contributed by atoms with E-state index in [0.717, 1.165) is 17.1 Å². The second-order valence-corrected chi connectivity index (χ2v) is 7.46. The fourth-order valence-electron chi connectivity index (χ4n) is 3.23. The van der Waals surface area contributed by atoms with Crippen LogP contribution in [0.5, 0.6) is 23.0 Å². The van der Waals surface area contributed by atoms with Crippen LogP contribution in [0.25, 0.3) is 6.08 Å². The van der Waals surface area contributed by atoms with Gasteiger partial charge in [-0.3, -0.25) is 4.79 Å². The molecule has 0 saturated carbocycles. The van der Waals surface area contributed by atoms with Crippen molar-refractivity contribution in [2.24, 2.45) is 0 Å². The molecule has 0 radical (unpaired) electrons. The van der Waals surface area contributed by atoms with Crippen molar-refractivity contribution in [3.8, 4) is 23.0 Å². The number of hydrogen-bond acceptors (Lipinski definition) is 3. The van der Waals surface area contributed by atoms with Crippen LogP contribution in [0.3, 0.4) is 0 Å². The summed E-state index contributed by atoms with van der Waals surface area (Å²) in [7, 11) is 0. The molecule has 4 aromatic rings. The molecule has 0 N–H and O–H groups in total. The maximum absolute atomic E-state index is 12.8. The van der Waals surface area contributed by atoms with Gasteiger partial charge in [-0.25, -0.2) is 0 Å². The minimum absolute atomic E-state index is 0.0471. The minimum atomic E-state index is -0.0471. The molecular formula is C29H24O3. The van der Waals surface area contributed by atoms with Gasteiger partial charge in [-0.05, 0) is 92.2 Å². The highest BCUT2D eigenvalue weighted by atomic mass is 16.5. The Bertz CT molecular complexity index is 1200. The van der Waals surface area contributed by atoms with E-state index < -0.39 is 0 Å². The smallest absolute Gasteiger partial charge is 0.193 e. The van der Waals surface area contributed by atoms with Gasteiger partial charge in [0.25, 0.3) is 0 Å². The lowest BCUT2D eigenvalue weighted by Crippen LogP contribution is -2.01. The Morgan fingerprint density at radius 3 is 1.38 bits per heavy atom. The topological polar surface area (TPSA) is 35.5 Å². The fraction of sp³-hybridized carbons (Fsp3) is 0.0690. The van der Waals surface area contributed by atoms with Gasteiger partial charge >= 0.3 is 0 Å². The third-order valence-corrected chi connectivity index (χ3v) is 4.96. The number of benzene rings is 4. The van der Waals surface area contributed by atoms with Gasteiger partial charge in [0, 0.05) is 11.1 Å². The van der Waals surface area contributed by atoms with Crippen molar-refractivity contribution in [2.75, 3.05) is 0 Å². The first-order chi connectivity index (χ1) is 15.6. The van der Waals surface area contributed by atoms with Crippen LogP contribution in [0.4, 0.5) is 0 Å². The Hall–Kier alpha value is -4.11. The van der Waals surface area contributed by atoms with Crippen molar-refractivity contribution in [1.29, 1.82) is 0 Å². The molecule has 0 saturated heterocycles. The molecule has 0 aliphatic rings. The molecule has 3 heteroatoms. The molecule has 4 aromatic carbocycles. The molecule has 3 nitrogen and oxygen atoms in total. The fourth-order valence-corrected chi connectivity index (χ4v) is 3.23. The molecule has 4 rings (SSSR count). The zero-order valence-corrected chi connectivity index (χ0v) is 18.1. The second-order valence-electron chi connectivity index (χ2n) is 7.46. The van der Waals surface area contributed by atoms with Crippen molar-refractivity contribution < 1.29 is 14.3 Å². The predicted molar refractivity (Wildman–Crippen MR) is 129 cm³/mol. The summed E-state index contributed by atoms with van der Waals surface area (Å²) in [5.74, 6) is 2.84. The van der Waals surface area contributed by atoms with Crippen LogP contribution >= 0.6 is 0 Å². The summed E-state index contributed by atoms with van der Waals surface area (Å²) in [5.41, 5.74) is 3.51. The third-order valence-electron chi connectivity index (χ3n) is 4.96. The van der Waals surface area contributed by atoms with Gasteiger partial charge in [-0.15, -0.1) is 0 Å². The van der Waals surface area contributed by atoms with Crippen LogP contribution in [0.15, 0.2) is 103 Å².